The van der Waals surface area contributed by atoms with Crippen LogP contribution in [0.1, 0.15) is 30.9 Å². The number of hydrogen-bond acceptors (Lipinski definition) is 5. The summed E-state index contributed by atoms with van der Waals surface area (Å²) >= 11 is 0. The molecule has 6 heteroatoms. The second-order valence-electron chi connectivity index (χ2n) is 6.34. The zero-order valence-corrected chi connectivity index (χ0v) is 14.9. The molecule has 0 aliphatic carbocycles. The van der Waals surface area contributed by atoms with Gasteiger partial charge < -0.3 is 10.6 Å². The Kier molecular flexibility index (Phi) is 5.73. The lowest BCUT2D eigenvalue weighted by atomic mass is 10.0. The molecule has 2 N–H and O–H groups in total. The van der Waals surface area contributed by atoms with E-state index >= 15 is 0 Å². The number of nitrogens with one attached hydrogen (secondary N) is 2. The molecule has 0 saturated heterocycles. The maximum atomic E-state index is 13.6. The Labute approximate surface area is 152 Å². The molecule has 0 fully saturated rings. The fourth-order valence-corrected chi connectivity index (χ4v) is 2.55. The van der Waals surface area contributed by atoms with Crippen molar-refractivity contribution in [3.05, 3.63) is 71.7 Å². The van der Waals surface area contributed by atoms with Crippen molar-refractivity contribution in [2.24, 2.45) is 0 Å². The standard InChI is InChI=1S/C20H22FN5/c1-14(2)15-7-9-17(10-8-15)24-20-25-19(13-23-26-20)22-12-11-16-5-3-4-6-18(16)21/h3-10,13-14H,11-12H2,1-2H3,(H2,22,24,25,26). The predicted octanol–water partition coefficient (Wildman–Crippen LogP) is 4.53. The van der Waals surface area contributed by atoms with Gasteiger partial charge >= 0.3 is 0 Å². The van der Waals surface area contributed by atoms with Crippen molar-refractivity contribution in [2.75, 3.05) is 17.2 Å². The molecule has 2 aromatic carbocycles. The van der Waals surface area contributed by atoms with Gasteiger partial charge in [-0.05, 0) is 41.7 Å². The molecule has 0 aliphatic heterocycles. The van der Waals surface area contributed by atoms with Crippen LogP contribution in [0.25, 0.3) is 0 Å². The van der Waals surface area contributed by atoms with Crippen LogP contribution in [0.2, 0.25) is 0 Å². The van der Waals surface area contributed by atoms with E-state index in [1.54, 1.807) is 18.3 Å². The van der Waals surface area contributed by atoms with Gasteiger partial charge in [-0.25, -0.2) is 4.39 Å². The molecule has 3 rings (SSSR count). The van der Waals surface area contributed by atoms with Crippen molar-refractivity contribution in [3.8, 4) is 0 Å². The smallest absolute Gasteiger partial charge is 0.249 e. The summed E-state index contributed by atoms with van der Waals surface area (Å²) in [4.78, 5) is 4.39. The zero-order chi connectivity index (χ0) is 18.4. The predicted molar refractivity (Wildman–Crippen MR) is 102 cm³/mol. The topological polar surface area (TPSA) is 62.7 Å². The Morgan fingerprint density at radius 3 is 2.54 bits per heavy atom. The number of anilines is 3. The van der Waals surface area contributed by atoms with Crippen LogP contribution in [0.5, 0.6) is 0 Å². The van der Waals surface area contributed by atoms with Crippen molar-refractivity contribution >= 4 is 17.5 Å². The molecule has 5 nitrogen and oxygen atoms in total. The highest BCUT2D eigenvalue weighted by Gasteiger charge is 2.04. The van der Waals surface area contributed by atoms with E-state index in [0.717, 1.165) is 5.69 Å². The summed E-state index contributed by atoms with van der Waals surface area (Å²) in [5.41, 5.74) is 2.85. The third-order valence-corrected chi connectivity index (χ3v) is 4.05. The largest absolute Gasteiger partial charge is 0.368 e. The van der Waals surface area contributed by atoms with Crippen molar-refractivity contribution in [2.45, 2.75) is 26.2 Å². The van der Waals surface area contributed by atoms with Gasteiger partial charge in [-0.3, -0.25) is 0 Å². The highest BCUT2D eigenvalue weighted by atomic mass is 19.1. The molecule has 3 aromatic rings. The Bertz CT molecular complexity index is 849. The van der Waals surface area contributed by atoms with E-state index in [2.05, 4.69) is 51.8 Å². The van der Waals surface area contributed by atoms with Crippen LogP contribution in [0, 0.1) is 5.82 Å². The summed E-state index contributed by atoms with van der Waals surface area (Å²) in [7, 11) is 0. The zero-order valence-electron chi connectivity index (χ0n) is 14.9. The first-order valence-electron chi connectivity index (χ1n) is 8.66. The Morgan fingerprint density at radius 1 is 1.04 bits per heavy atom. The van der Waals surface area contributed by atoms with Crippen molar-refractivity contribution in [1.82, 2.24) is 15.2 Å². The number of rotatable bonds is 7. The van der Waals surface area contributed by atoms with E-state index in [4.69, 9.17) is 0 Å². The molecule has 0 atom stereocenters. The molecule has 0 bridgehead atoms. The summed E-state index contributed by atoms with van der Waals surface area (Å²) in [5.74, 6) is 1.31. The highest BCUT2D eigenvalue weighted by Crippen LogP contribution is 2.19. The number of hydrogen-bond donors (Lipinski definition) is 2. The summed E-state index contributed by atoms with van der Waals surface area (Å²) in [6, 6.07) is 14.9. The van der Waals surface area contributed by atoms with E-state index < -0.39 is 0 Å². The van der Waals surface area contributed by atoms with E-state index in [0.29, 0.717) is 36.2 Å². The third-order valence-electron chi connectivity index (χ3n) is 4.05. The van der Waals surface area contributed by atoms with Gasteiger partial charge in [0.15, 0.2) is 5.82 Å². The van der Waals surface area contributed by atoms with Crippen molar-refractivity contribution in [1.29, 1.82) is 0 Å². The molecule has 1 aromatic heterocycles. The van der Waals surface area contributed by atoms with Crippen LogP contribution >= 0.6 is 0 Å². The van der Waals surface area contributed by atoms with E-state index in [1.165, 1.54) is 11.6 Å². The first kappa shape index (κ1) is 17.8. The lowest BCUT2D eigenvalue weighted by Crippen LogP contribution is -2.09. The first-order chi connectivity index (χ1) is 12.6. The molecule has 0 amide bonds. The van der Waals surface area contributed by atoms with Gasteiger partial charge in [0.2, 0.25) is 5.95 Å². The number of benzene rings is 2. The number of halogens is 1. The molecule has 0 unspecified atom stereocenters. The molecule has 0 radical (unpaired) electrons. The van der Waals surface area contributed by atoms with Crippen molar-refractivity contribution in [3.63, 3.8) is 0 Å². The van der Waals surface area contributed by atoms with Crippen LogP contribution in [-0.4, -0.2) is 21.7 Å². The molecule has 1 heterocycles. The maximum Gasteiger partial charge on any atom is 0.249 e. The SMILES string of the molecule is CC(C)c1ccc(Nc2nncc(NCCc3ccccc3F)n2)cc1. The lowest BCUT2D eigenvalue weighted by molar-refractivity contribution is 0.610. The third kappa shape index (κ3) is 4.75. The van der Waals surface area contributed by atoms with E-state index in [1.807, 2.05) is 18.2 Å². The van der Waals surface area contributed by atoms with Gasteiger partial charge in [-0.15, -0.1) is 5.10 Å². The molecular formula is C20H22FN5. The number of nitrogens with zero attached hydrogens (tertiary/aromatic N) is 3. The second-order valence-corrected chi connectivity index (χ2v) is 6.34. The summed E-state index contributed by atoms with van der Waals surface area (Å²) in [6.07, 6.45) is 2.12. The monoisotopic (exact) mass is 351 g/mol. The van der Waals surface area contributed by atoms with Crippen LogP contribution in [0.15, 0.2) is 54.7 Å². The molecule has 0 saturated carbocycles. The fraction of sp³-hybridized carbons (Fsp3) is 0.250. The maximum absolute atomic E-state index is 13.6. The van der Waals surface area contributed by atoms with Gasteiger partial charge in [0.25, 0.3) is 0 Å². The minimum atomic E-state index is -0.192. The van der Waals surface area contributed by atoms with Crippen LogP contribution in [-0.2, 0) is 6.42 Å². The normalized spacial score (nSPS) is 10.8. The summed E-state index contributed by atoms with van der Waals surface area (Å²) in [6.45, 7) is 4.87. The Hall–Kier alpha value is -3.02. The van der Waals surface area contributed by atoms with Gasteiger partial charge in [-0.1, -0.05) is 44.2 Å². The van der Waals surface area contributed by atoms with Crippen LogP contribution < -0.4 is 10.6 Å². The summed E-state index contributed by atoms with van der Waals surface area (Å²) in [5, 5.41) is 14.3. The molecular weight excluding hydrogens is 329 g/mol. The van der Waals surface area contributed by atoms with Gasteiger partial charge in [-0.2, -0.15) is 10.1 Å². The lowest BCUT2D eigenvalue weighted by Gasteiger charge is -2.09. The average Bonchev–Trinajstić information content (AvgIpc) is 2.64. The van der Waals surface area contributed by atoms with Crippen molar-refractivity contribution < 1.29 is 4.39 Å². The van der Waals surface area contributed by atoms with E-state index in [-0.39, 0.29) is 5.82 Å². The van der Waals surface area contributed by atoms with Gasteiger partial charge in [0.05, 0.1) is 6.20 Å². The minimum absolute atomic E-state index is 0.192. The van der Waals surface area contributed by atoms with Crippen LogP contribution in [0.3, 0.4) is 0 Å². The van der Waals surface area contributed by atoms with Gasteiger partial charge in [0, 0.05) is 12.2 Å². The van der Waals surface area contributed by atoms with Gasteiger partial charge in [0.1, 0.15) is 5.82 Å². The highest BCUT2D eigenvalue weighted by molar-refractivity contribution is 5.54. The molecule has 0 spiro atoms. The quantitative estimate of drug-likeness (QED) is 0.655. The summed E-state index contributed by atoms with van der Waals surface area (Å²) < 4.78 is 13.6. The van der Waals surface area contributed by atoms with E-state index in [9.17, 15) is 4.39 Å². The molecule has 26 heavy (non-hydrogen) atoms. The minimum Gasteiger partial charge on any atom is -0.368 e. The average molecular weight is 351 g/mol. The Morgan fingerprint density at radius 2 is 1.81 bits per heavy atom. The molecule has 134 valence electrons. The fourth-order valence-electron chi connectivity index (χ4n) is 2.55. The number of aromatic nitrogens is 3. The first-order valence-corrected chi connectivity index (χ1v) is 8.66. The molecule has 0 aliphatic rings. The van der Waals surface area contributed by atoms with Crippen LogP contribution in [0.4, 0.5) is 21.8 Å². The Balaban J connectivity index is 1.58. The second kappa shape index (κ2) is 8.38.